The van der Waals surface area contributed by atoms with Crippen LogP contribution >= 0.6 is 0 Å². The largest absolute Gasteiger partial charge is 0.534 e. The van der Waals surface area contributed by atoms with Crippen molar-refractivity contribution in [3.05, 3.63) is 91.0 Å². The predicted octanol–water partition coefficient (Wildman–Crippen LogP) is 5.43. The maximum Gasteiger partial charge on any atom is 0.534 e. The predicted molar refractivity (Wildman–Crippen MR) is 110 cm³/mol. The van der Waals surface area contributed by atoms with E-state index >= 15 is 0 Å². The van der Waals surface area contributed by atoms with Gasteiger partial charge in [-0.3, -0.25) is 0 Å². The Morgan fingerprint density at radius 1 is 0.806 bits per heavy atom. The lowest BCUT2D eigenvalue weighted by Crippen LogP contribution is -2.28. The van der Waals surface area contributed by atoms with E-state index in [0.29, 0.717) is 5.69 Å². The minimum absolute atomic E-state index is 0.113. The molecule has 1 heterocycles. The van der Waals surface area contributed by atoms with Crippen LogP contribution in [0.3, 0.4) is 0 Å². The number of para-hydroxylation sites is 2. The quantitative estimate of drug-likeness (QED) is 0.304. The summed E-state index contributed by atoms with van der Waals surface area (Å²) in [6.45, 7) is 0. The summed E-state index contributed by atoms with van der Waals surface area (Å²) in [5.74, 6) is -0.461. The molecule has 0 atom stereocenters. The summed E-state index contributed by atoms with van der Waals surface area (Å²) in [7, 11) is -5.82. The van der Waals surface area contributed by atoms with Gasteiger partial charge in [0.25, 0.3) is 0 Å². The Bertz CT molecular complexity index is 1250. The van der Waals surface area contributed by atoms with E-state index < -0.39 is 21.4 Å². The topological polar surface area (TPSA) is 61.2 Å². The Morgan fingerprint density at radius 3 is 2.03 bits per heavy atom. The molecular formula is C22H15F3N2O3S. The van der Waals surface area contributed by atoms with Crippen LogP contribution in [0.25, 0.3) is 28.2 Å². The van der Waals surface area contributed by atoms with Crippen molar-refractivity contribution in [3.8, 4) is 34.0 Å². The van der Waals surface area contributed by atoms with Crippen molar-refractivity contribution in [2.45, 2.75) is 5.51 Å². The number of alkyl halides is 3. The van der Waals surface area contributed by atoms with Crippen molar-refractivity contribution in [1.29, 1.82) is 0 Å². The molecule has 3 aromatic carbocycles. The van der Waals surface area contributed by atoms with Gasteiger partial charge >= 0.3 is 15.6 Å². The molecule has 5 nitrogen and oxygen atoms in total. The Kier molecular flexibility index (Phi) is 5.28. The summed E-state index contributed by atoms with van der Waals surface area (Å²) in [6.07, 6.45) is 0. The van der Waals surface area contributed by atoms with Gasteiger partial charge in [0.2, 0.25) is 0 Å². The van der Waals surface area contributed by atoms with Crippen LogP contribution in [-0.4, -0.2) is 23.7 Å². The molecule has 4 aromatic rings. The zero-order valence-electron chi connectivity index (χ0n) is 15.8. The average Bonchev–Trinajstić information content (AvgIpc) is 3.20. The van der Waals surface area contributed by atoms with Crippen molar-refractivity contribution < 1.29 is 25.8 Å². The Labute approximate surface area is 176 Å². The molecule has 0 bridgehead atoms. The smallest absolute Gasteiger partial charge is 0.375 e. The van der Waals surface area contributed by atoms with Crippen LogP contribution in [0.15, 0.2) is 91.0 Å². The van der Waals surface area contributed by atoms with Crippen LogP contribution in [0.2, 0.25) is 0 Å². The molecule has 9 heteroatoms. The number of hydrogen-bond donors (Lipinski definition) is 0. The van der Waals surface area contributed by atoms with E-state index in [9.17, 15) is 21.6 Å². The number of benzene rings is 3. The van der Waals surface area contributed by atoms with Crippen molar-refractivity contribution >= 4 is 10.1 Å². The van der Waals surface area contributed by atoms with Crippen LogP contribution < -0.4 is 4.18 Å². The summed E-state index contributed by atoms with van der Waals surface area (Å²) in [5, 5.41) is 4.54. The zero-order valence-corrected chi connectivity index (χ0v) is 16.6. The highest BCUT2D eigenvalue weighted by Crippen LogP contribution is 2.36. The third-order valence-electron chi connectivity index (χ3n) is 4.43. The van der Waals surface area contributed by atoms with Crippen molar-refractivity contribution in [3.63, 3.8) is 0 Å². The molecule has 0 aliphatic heterocycles. The van der Waals surface area contributed by atoms with Gasteiger partial charge in [-0.05, 0) is 30.3 Å². The van der Waals surface area contributed by atoms with Gasteiger partial charge in [0, 0.05) is 11.1 Å². The number of hydrogen-bond acceptors (Lipinski definition) is 4. The highest BCUT2D eigenvalue weighted by atomic mass is 32.2. The fourth-order valence-electron chi connectivity index (χ4n) is 3.01. The van der Waals surface area contributed by atoms with Crippen LogP contribution in [-0.2, 0) is 10.1 Å². The van der Waals surface area contributed by atoms with Crippen molar-refractivity contribution in [2.75, 3.05) is 0 Å². The number of nitrogens with zero attached hydrogens (tertiary/aromatic N) is 2. The molecule has 0 spiro atoms. The van der Waals surface area contributed by atoms with Gasteiger partial charge in [0.15, 0.2) is 5.75 Å². The van der Waals surface area contributed by atoms with Crippen LogP contribution in [0.4, 0.5) is 13.2 Å². The van der Waals surface area contributed by atoms with Crippen LogP contribution in [0.5, 0.6) is 5.75 Å². The Morgan fingerprint density at radius 2 is 1.39 bits per heavy atom. The molecule has 0 saturated heterocycles. The maximum absolute atomic E-state index is 12.8. The van der Waals surface area contributed by atoms with E-state index in [2.05, 4.69) is 9.28 Å². The highest BCUT2D eigenvalue weighted by molar-refractivity contribution is 7.88. The Hall–Kier alpha value is -3.59. The van der Waals surface area contributed by atoms with E-state index in [1.807, 2.05) is 60.7 Å². The van der Waals surface area contributed by atoms with Crippen LogP contribution in [0.1, 0.15) is 0 Å². The van der Waals surface area contributed by atoms with E-state index in [0.717, 1.165) is 17.3 Å². The highest BCUT2D eigenvalue weighted by Gasteiger charge is 2.48. The Balaban J connectivity index is 1.87. The average molecular weight is 444 g/mol. The SMILES string of the molecule is O=S(=O)(Oc1ccccc1-c1cc(-c2ccccc2)n(-c2ccccc2)n1)C(F)(F)F. The lowest BCUT2D eigenvalue weighted by Gasteiger charge is -2.11. The molecule has 0 N–H and O–H groups in total. The van der Waals surface area contributed by atoms with Gasteiger partial charge in [-0.15, -0.1) is 0 Å². The fraction of sp³-hybridized carbons (Fsp3) is 0.0455. The summed E-state index contributed by atoms with van der Waals surface area (Å²) in [6, 6.07) is 25.7. The van der Waals surface area contributed by atoms with E-state index in [1.165, 1.54) is 12.1 Å². The summed E-state index contributed by atoms with van der Waals surface area (Å²) >= 11 is 0. The van der Waals surface area contributed by atoms with Gasteiger partial charge in [0.05, 0.1) is 17.1 Å². The number of halogens is 3. The lowest BCUT2D eigenvalue weighted by atomic mass is 10.1. The van der Waals surface area contributed by atoms with Gasteiger partial charge in [0.1, 0.15) is 0 Å². The van der Waals surface area contributed by atoms with Crippen LogP contribution in [0, 0.1) is 0 Å². The molecule has 0 fully saturated rings. The number of aromatic nitrogens is 2. The van der Waals surface area contributed by atoms with E-state index in [-0.39, 0.29) is 11.3 Å². The summed E-state index contributed by atoms with van der Waals surface area (Å²) in [4.78, 5) is 0. The van der Waals surface area contributed by atoms with Gasteiger partial charge < -0.3 is 4.18 Å². The number of rotatable bonds is 5. The minimum Gasteiger partial charge on any atom is -0.375 e. The second-order valence-electron chi connectivity index (χ2n) is 6.51. The first-order chi connectivity index (χ1) is 14.8. The summed E-state index contributed by atoms with van der Waals surface area (Å²) < 4.78 is 67.6. The maximum atomic E-state index is 12.8. The first-order valence-electron chi connectivity index (χ1n) is 9.07. The van der Waals surface area contributed by atoms with E-state index in [4.69, 9.17) is 0 Å². The van der Waals surface area contributed by atoms with E-state index in [1.54, 1.807) is 16.8 Å². The molecule has 0 aliphatic carbocycles. The molecule has 31 heavy (non-hydrogen) atoms. The molecule has 0 saturated carbocycles. The standard InChI is InChI=1S/C22H15F3N2O3S/c23-22(24,25)31(28,29)30-21-14-8-7-13-18(21)19-15-20(16-9-3-1-4-10-16)27(26-19)17-11-5-2-6-12-17/h1-15H. The minimum atomic E-state index is -5.82. The zero-order chi connectivity index (χ0) is 22.1. The lowest BCUT2D eigenvalue weighted by molar-refractivity contribution is -0.0499. The van der Waals surface area contributed by atoms with Crippen molar-refractivity contribution in [1.82, 2.24) is 9.78 Å². The monoisotopic (exact) mass is 444 g/mol. The molecule has 0 amide bonds. The molecule has 1 aromatic heterocycles. The van der Waals surface area contributed by atoms with Gasteiger partial charge in [-0.2, -0.15) is 26.7 Å². The normalized spacial score (nSPS) is 12.0. The first-order valence-corrected chi connectivity index (χ1v) is 10.5. The molecule has 158 valence electrons. The third kappa shape index (κ3) is 4.17. The molecule has 0 aliphatic rings. The first kappa shape index (κ1) is 20.7. The second kappa shape index (κ2) is 7.92. The molecular weight excluding hydrogens is 429 g/mol. The van der Waals surface area contributed by atoms with Gasteiger partial charge in [-0.25, -0.2) is 4.68 Å². The summed E-state index contributed by atoms with van der Waals surface area (Å²) in [5.41, 5.74) is -2.94. The second-order valence-corrected chi connectivity index (χ2v) is 8.05. The van der Waals surface area contributed by atoms with Crippen molar-refractivity contribution in [2.24, 2.45) is 0 Å². The fourth-order valence-corrected chi connectivity index (χ4v) is 3.49. The molecule has 0 unspecified atom stereocenters. The third-order valence-corrected chi connectivity index (χ3v) is 5.39. The molecule has 0 radical (unpaired) electrons. The molecule has 4 rings (SSSR count). The van der Waals surface area contributed by atoms with Gasteiger partial charge in [-0.1, -0.05) is 60.7 Å².